The molecule has 0 saturated heterocycles. The number of sulfonamides is 1. The second-order valence-corrected chi connectivity index (χ2v) is 7.66. The molecule has 0 spiro atoms. The number of halogens is 3. The highest BCUT2D eigenvalue weighted by atomic mass is 32.2. The van der Waals surface area contributed by atoms with Gasteiger partial charge in [-0.3, -0.25) is 4.72 Å². The molecule has 12 heteroatoms. The molecule has 0 aliphatic rings. The maximum Gasteiger partial charge on any atom is 0.516 e. The van der Waals surface area contributed by atoms with E-state index in [4.69, 9.17) is 0 Å². The molecule has 0 unspecified atom stereocenters. The molecule has 1 aromatic heterocycles. The number of alkyl halides is 3. The van der Waals surface area contributed by atoms with Crippen molar-refractivity contribution >= 4 is 33.0 Å². The highest BCUT2D eigenvalue weighted by Crippen LogP contribution is 2.34. The molecule has 0 amide bonds. The summed E-state index contributed by atoms with van der Waals surface area (Å²) < 4.78 is 63.4. The minimum absolute atomic E-state index is 0.0141. The zero-order chi connectivity index (χ0) is 21.5. The maximum atomic E-state index is 12.9. The number of hydrogen-bond acceptors (Lipinski definition) is 7. The van der Waals surface area contributed by atoms with Gasteiger partial charge in [0.15, 0.2) is 0 Å². The van der Waals surface area contributed by atoms with Gasteiger partial charge >= 0.3 is 15.5 Å². The van der Waals surface area contributed by atoms with Gasteiger partial charge in [0.25, 0.3) is 5.95 Å². The van der Waals surface area contributed by atoms with Crippen LogP contribution in [0, 0.1) is 0 Å². The van der Waals surface area contributed by atoms with Crippen LogP contribution in [0.2, 0.25) is 0 Å². The summed E-state index contributed by atoms with van der Waals surface area (Å²) in [6, 6.07) is 5.92. The van der Waals surface area contributed by atoms with Crippen LogP contribution >= 0.6 is 0 Å². The fraction of sp³-hybridized carbons (Fsp3) is 0.412. The average Bonchev–Trinajstić information content (AvgIpc) is 2.66. The van der Waals surface area contributed by atoms with Crippen molar-refractivity contribution in [3.8, 4) is 0 Å². The molecular formula is C17H21F3N6O2S. The van der Waals surface area contributed by atoms with E-state index in [1.54, 1.807) is 16.9 Å². The van der Waals surface area contributed by atoms with E-state index in [2.05, 4.69) is 20.2 Å². The zero-order valence-corrected chi connectivity index (χ0v) is 16.7. The molecule has 0 atom stereocenters. The number of hydrogen-bond donors (Lipinski definition) is 1. The number of aromatic nitrogens is 2. The third-order valence-electron chi connectivity index (χ3n) is 3.68. The van der Waals surface area contributed by atoms with E-state index in [1.165, 1.54) is 24.5 Å². The SMILES string of the molecule is CCCN(CCC)c1ccc(N=Nc2ncccn2)c(NS(=O)(=O)C(F)(F)F)c1. The lowest BCUT2D eigenvalue weighted by atomic mass is 10.2. The third-order valence-corrected chi connectivity index (χ3v) is 4.78. The monoisotopic (exact) mass is 430 g/mol. The van der Waals surface area contributed by atoms with Crippen LogP contribution in [0.25, 0.3) is 0 Å². The molecule has 8 nitrogen and oxygen atoms in total. The van der Waals surface area contributed by atoms with Crippen LogP contribution in [0.1, 0.15) is 26.7 Å². The summed E-state index contributed by atoms with van der Waals surface area (Å²) in [7, 11) is -5.62. The van der Waals surface area contributed by atoms with Crippen LogP contribution in [-0.4, -0.2) is 37.0 Å². The van der Waals surface area contributed by atoms with Gasteiger partial charge in [-0.15, -0.1) is 10.2 Å². The summed E-state index contributed by atoms with van der Waals surface area (Å²) in [5.74, 6) is -0.0141. The summed E-state index contributed by atoms with van der Waals surface area (Å²) in [6.07, 6.45) is 4.48. The molecule has 2 rings (SSSR count). The minimum atomic E-state index is -5.62. The smallest absolute Gasteiger partial charge is 0.371 e. The summed E-state index contributed by atoms with van der Waals surface area (Å²) in [5, 5.41) is 7.57. The highest BCUT2D eigenvalue weighted by Gasteiger charge is 2.46. The molecule has 0 aliphatic heterocycles. The predicted octanol–water partition coefficient (Wildman–Crippen LogP) is 4.78. The van der Waals surface area contributed by atoms with E-state index >= 15 is 0 Å². The second kappa shape index (κ2) is 9.63. The first kappa shape index (κ1) is 22.5. The lowest BCUT2D eigenvalue weighted by molar-refractivity contribution is -0.0429. The fourth-order valence-electron chi connectivity index (χ4n) is 2.44. The van der Waals surface area contributed by atoms with Gasteiger partial charge < -0.3 is 4.90 Å². The van der Waals surface area contributed by atoms with E-state index in [-0.39, 0.29) is 17.3 Å². The van der Waals surface area contributed by atoms with Crippen LogP contribution in [0.4, 0.5) is 36.2 Å². The van der Waals surface area contributed by atoms with Gasteiger partial charge in [-0.25, -0.2) is 9.97 Å². The molecule has 1 heterocycles. The Morgan fingerprint density at radius 1 is 1.07 bits per heavy atom. The number of azo groups is 1. The van der Waals surface area contributed by atoms with Crippen molar-refractivity contribution in [2.24, 2.45) is 10.2 Å². The lowest BCUT2D eigenvalue weighted by Crippen LogP contribution is -2.30. The van der Waals surface area contributed by atoms with Crippen molar-refractivity contribution < 1.29 is 21.6 Å². The fourth-order valence-corrected chi connectivity index (χ4v) is 3.01. The number of rotatable bonds is 9. The second-order valence-electron chi connectivity index (χ2n) is 5.99. The molecule has 158 valence electrons. The quantitative estimate of drug-likeness (QED) is 0.577. The van der Waals surface area contributed by atoms with Gasteiger partial charge in [-0.1, -0.05) is 13.8 Å². The highest BCUT2D eigenvalue weighted by molar-refractivity contribution is 7.93. The summed E-state index contributed by atoms with van der Waals surface area (Å²) >= 11 is 0. The topological polar surface area (TPSA) is 99.9 Å². The van der Waals surface area contributed by atoms with E-state index < -0.39 is 15.5 Å². The minimum Gasteiger partial charge on any atom is -0.371 e. The Balaban J connectivity index is 2.47. The number of nitrogens with zero attached hydrogens (tertiary/aromatic N) is 5. The van der Waals surface area contributed by atoms with Gasteiger partial charge in [-0.2, -0.15) is 21.6 Å². The summed E-state index contributed by atoms with van der Waals surface area (Å²) in [6.45, 7) is 5.27. The zero-order valence-electron chi connectivity index (χ0n) is 15.9. The van der Waals surface area contributed by atoms with Crippen LogP contribution in [-0.2, 0) is 10.0 Å². The molecule has 1 aromatic carbocycles. The molecule has 29 heavy (non-hydrogen) atoms. The maximum absolute atomic E-state index is 12.9. The van der Waals surface area contributed by atoms with Crippen LogP contribution < -0.4 is 9.62 Å². The molecule has 0 fully saturated rings. The molecule has 0 bridgehead atoms. The predicted molar refractivity (Wildman–Crippen MR) is 104 cm³/mol. The first-order chi connectivity index (χ1) is 13.7. The van der Waals surface area contributed by atoms with Crippen molar-refractivity contribution in [3.63, 3.8) is 0 Å². The largest absolute Gasteiger partial charge is 0.516 e. The molecule has 2 aromatic rings. The molecular weight excluding hydrogens is 409 g/mol. The van der Waals surface area contributed by atoms with E-state index in [1.807, 2.05) is 18.7 Å². The Kier molecular flexibility index (Phi) is 7.48. The Labute approximate surface area is 166 Å². The van der Waals surface area contributed by atoms with Gasteiger partial charge in [0.1, 0.15) is 5.69 Å². The molecule has 0 radical (unpaired) electrons. The van der Waals surface area contributed by atoms with Gasteiger partial charge in [0.2, 0.25) is 0 Å². The molecule has 0 aliphatic carbocycles. The van der Waals surface area contributed by atoms with Crippen molar-refractivity contribution in [2.75, 3.05) is 22.7 Å². The average molecular weight is 430 g/mol. The van der Waals surface area contributed by atoms with Gasteiger partial charge in [-0.05, 0) is 37.1 Å². The van der Waals surface area contributed by atoms with Crippen LogP contribution in [0.15, 0.2) is 46.9 Å². The molecule has 1 N–H and O–H groups in total. The van der Waals surface area contributed by atoms with Crippen LogP contribution in [0.5, 0.6) is 0 Å². The first-order valence-corrected chi connectivity index (χ1v) is 10.3. The van der Waals surface area contributed by atoms with E-state index in [9.17, 15) is 21.6 Å². The summed E-state index contributed by atoms with van der Waals surface area (Å²) in [5.41, 5.74) is -5.32. The lowest BCUT2D eigenvalue weighted by Gasteiger charge is -2.25. The number of anilines is 2. The standard InChI is InChI=1S/C17H21F3N6O2S/c1-3-10-26(11-4-2)13-6-7-14(23-24-16-21-8-5-9-22-16)15(12-13)25-29(27,28)17(18,19)20/h5-9,12,25H,3-4,10-11H2,1-2H3. The van der Waals surface area contributed by atoms with E-state index in [0.717, 1.165) is 12.8 Å². The normalized spacial score (nSPS) is 12.3. The Bertz CT molecular complexity index is 930. The number of nitrogens with one attached hydrogen (secondary N) is 1. The Morgan fingerprint density at radius 3 is 2.24 bits per heavy atom. The van der Waals surface area contributed by atoms with Crippen molar-refractivity contribution in [1.82, 2.24) is 9.97 Å². The molecule has 0 saturated carbocycles. The first-order valence-electron chi connectivity index (χ1n) is 8.84. The van der Waals surface area contributed by atoms with Gasteiger partial charge in [0, 0.05) is 31.2 Å². The van der Waals surface area contributed by atoms with Crippen LogP contribution in [0.3, 0.4) is 0 Å². The van der Waals surface area contributed by atoms with Gasteiger partial charge in [0.05, 0.1) is 5.69 Å². The Hall–Kier alpha value is -2.76. The Morgan fingerprint density at radius 2 is 1.69 bits per heavy atom. The summed E-state index contributed by atoms with van der Waals surface area (Å²) in [4.78, 5) is 9.62. The third kappa shape index (κ3) is 6.11. The van der Waals surface area contributed by atoms with E-state index in [0.29, 0.717) is 18.8 Å². The number of benzene rings is 1. The van der Waals surface area contributed by atoms with Crippen molar-refractivity contribution in [3.05, 3.63) is 36.7 Å². The van der Waals surface area contributed by atoms with Crippen molar-refractivity contribution in [1.29, 1.82) is 0 Å². The van der Waals surface area contributed by atoms with Crippen molar-refractivity contribution in [2.45, 2.75) is 32.2 Å².